The first-order chi connectivity index (χ1) is 7.66. The molecule has 0 fully saturated rings. The largest absolute Gasteiger partial charge is 0.268 e. The molecule has 1 aromatic heterocycles. The molecule has 0 aliphatic carbocycles. The van der Waals surface area contributed by atoms with Crippen molar-refractivity contribution in [2.24, 2.45) is 0 Å². The average Bonchev–Trinajstić information content (AvgIpc) is 2.70. The van der Waals surface area contributed by atoms with Gasteiger partial charge in [0.05, 0.1) is 6.54 Å². The lowest BCUT2D eigenvalue weighted by Crippen LogP contribution is -2.01. The Morgan fingerprint density at radius 1 is 1.38 bits per heavy atom. The third-order valence-electron chi connectivity index (χ3n) is 2.22. The second-order valence-corrected chi connectivity index (χ2v) is 3.43. The van der Waals surface area contributed by atoms with E-state index in [2.05, 4.69) is 11.7 Å². The highest BCUT2D eigenvalue weighted by molar-refractivity contribution is 5.63. The molecule has 0 atom stereocenters. The number of aromatic nitrogens is 2. The third-order valence-corrected chi connectivity index (χ3v) is 2.22. The van der Waals surface area contributed by atoms with Gasteiger partial charge in [0.1, 0.15) is 11.6 Å². The van der Waals surface area contributed by atoms with Gasteiger partial charge in [-0.2, -0.15) is 5.10 Å². The van der Waals surface area contributed by atoms with E-state index >= 15 is 0 Å². The van der Waals surface area contributed by atoms with Gasteiger partial charge in [0.25, 0.3) is 0 Å². The zero-order chi connectivity index (χ0) is 11.5. The molecule has 4 heteroatoms. The molecule has 0 saturated carbocycles. The second-order valence-electron chi connectivity index (χ2n) is 3.43. The van der Waals surface area contributed by atoms with Crippen LogP contribution in [0.3, 0.4) is 0 Å². The zero-order valence-electron chi connectivity index (χ0n) is 8.53. The average molecular weight is 220 g/mol. The van der Waals surface area contributed by atoms with Crippen LogP contribution < -0.4 is 0 Å². The summed E-state index contributed by atoms with van der Waals surface area (Å²) in [6.07, 6.45) is 3.39. The highest BCUT2D eigenvalue weighted by atomic mass is 19.1. The minimum atomic E-state index is -0.600. The van der Waals surface area contributed by atoms with Crippen LogP contribution in [0, 0.1) is 11.6 Å². The predicted molar refractivity (Wildman–Crippen MR) is 57.6 cm³/mol. The molecule has 0 saturated heterocycles. The summed E-state index contributed by atoms with van der Waals surface area (Å²) in [4.78, 5) is 0. The lowest BCUT2D eigenvalue weighted by molar-refractivity contribution is 0.579. The van der Waals surface area contributed by atoms with E-state index in [1.54, 1.807) is 23.1 Å². The topological polar surface area (TPSA) is 17.8 Å². The molecule has 0 N–H and O–H groups in total. The summed E-state index contributed by atoms with van der Waals surface area (Å²) in [5, 5.41) is 3.99. The Morgan fingerprint density at radius 2 is 2.19 bits per heavy atom. The molecule has 1 heterocycles. The van der Waals surface area contributed by atoms with Crippen LogP contribution in [0.2, 0.25) is 0 Å². The molecule has 2 rings (SSSR count). The van der Waals surface area contributed by atoms with Crippen LogP contribution in [-0.4, -0.2) is 9.78 Å². The van der Waals surface area contributed by atoms with Crippen molar-refractivity contribution in [1.82, 2.24) is 9.78 Å². The standard InChI is InChI=1S/C12H10F2N2/c1-9(8-16-6-2-5-15-16)11-4-3-10(13)7-12(11)14/h2-7H,1,8H2. The lowest BCUT2D eigenvalue weighted by Gasteiger charge is -2.07. The molecule has 0 radical (unpaired) electrons. The Labute approximate surface area is 91.8 Å². The van der Waals surface area contributed by atoms with Crippen molar-refractivity contribution in [3.05, 3.63) is 60.4 Å². The van der Waals surface area contributed by atoms with Crippen molar-refractivity contribution in [2.45, 2.75) is 6.54 Å². The van der Waals surface area contributed by atoms with E-state index < -0.39 is 11.6 Å². The molecule has 2 aromatic rings. The highest BCUT2D eigenvalue weighted by Crippen LogP contribution is 2.18. The molecule has 0 aliphatic heterocycles. The summed E-state index contributed by atoms with van der Waals surface area (Å²) in [5.41, 5.74) is 0.873. The summed E-state index contributed by atoms with van der Waals surface area (Å²) >= 11 is 0. The quantitative estimate of drug-likeness (QED) is 0.777. The smallest absolute Gasteiger partial charge is 0.133 e. The van der Waals surface area contributed by atoms with Gasteiger partial charge >= 0.3 is 0 Å². The highest BCUT2D eigenvalue weighted by Gasteiger charge is 2.07. The van der Waals surface area contributed by atoms with Crippen molar-refractivity contribution in [2.75, 3.05) is 0 Å². The van der Waals surface area contributed by atoms with Gasteiger partial charge in [-0.1, -0.05) is 6.58 Å². The van der Waals surface area contributed by atoms with Crippen molar-refractivity contribution in [3.8, 4) is 0 Å². The predicted octanol–water partition coefficient (Wildman–Crippen LogP) is 2.87. The number of halogens is 2. The maximum Gasteiger partial charge on any atom is 0.133 e. The second kappa shape index (κ2) is 4.26. The van der Waals surface area contributed by atoms with Crippen LogP contribution in [-0.2, 0) is 6.54 Å². The Kier molecular flexibility index (Phi) is 2.81. The van der Waals surface area contributed by atoms with Crippen molar-refractivity contribution in [1.29, 1.82) is 0 Å². The van der Waals surface area contributed by atoms with Crippen LogP contribution in [0.4, 0.5) is 8.78 Å². The normalized spacial score (nSPS) is 10.4. The van der Waals surface area contributed by atoms with Gasteiger partial charge in [-0.25, -0.2) is 8.78 Å². The molecule has 0 aliphatic rings. The summed E-state index contributed by atoms with van der Waals surface area (Å²) in [6.45, 7) is 4.15. The molecular formula is C12H10F2N2. The SMILES string of the molecule is C=C(Cn1cccn1)c1ccc(F)cc1F. The van der Waals surface area contributed by atoms with Crippen LogP contribution in [0.15, 0.2) is 43.2 Å². The maximum atomic E-state index is 13.4. The van der Waals surface area contributed by atoms with E-state index in [0.717, 1.165) is 6.07 Å². The molecule has 0 amide bonds. The first-order valence-electron chi connectivity index (χ1n) is 4.77. The molecule has 82 valence electrons. The van der Waals surface area contributed by atoms with E-state index in [0.29, 0.717) is 17.7 Å². The van der Waals surface area contributed by atoms with E-state index in [1.165, 1.54) is 12.1 Å². The Balaban J connectivity index is 2.21. The van der Waals surface area contributed by atoms with Gasteiger partial charge in [-0.15, -0.1) is 0 Å². The van der Waals surface area contributed by atoms with Crippen LogP contribution in [0.5, 0.6) is 0 Å². The Bertz CT molecular complexity index is 504. The van der Waals surface area contributed by atoms with Gasteiger partial charge in [-0.3, -0.25) is 4.68 Å². The molecule has 0 bridgehead atoms. The number of rotatable bonds is 3. The van der Waals surface area contributed by atoms with Crippen molar-refractivity contribution >= 4 is 5.57 Å². The number of nitrogens with zero attached hydrogens (tertiary/aromatic N) is 2. The van der Waals surface area contributed by atoms with Gasteiger partial charge in [0, 0.05) is 24.0 Å². The summed E-state index contributed by atoms with van der Waals surface area (Å²) < 4.78 is 27.7. The Morgan fingerprint density at radius 3 is 2.81 bits per heavy atom. The lowest BCUT2D eigenvalue weighted by atomic mass is 10.1. The summed E-state index contributed by atoms with van der Waals surface area (Å²) in [6, 6.07) is 5.22. The molecular weight excluding hydrogens is 210 g/mol. The number of hydrogen-bond acceptors (Lipinski definition) is 1. The van der Waals surface area contributed by atoms with Crippen LogP contribution >= 0.6 is 0 Å². The number of allylic oxidation sites excluding steroid dienone is 1. The first kappa shape index (κ1) is 10.5. The van der Waals surface area contributed by atoms with Gasteiger partial charge in [0.2, 0.25) is 0 Å². The maximum absolute atomic E-state index is 13.4. The first-order valence-corrected chi connectivity index (χ1v) is 4.77. The minimum Gasteiger partial charge on any atom is -0.268 e. The Hall–Kier alpha value is -1.97. The van der Waals surface area contributed by atoms with Gasteiger partial charge in [-0.05, 0) is 23.8 Å². The summed E-state index contributed by atoms with van der Waals surface area (Å²) in [5.74, 6) is -1.19. The van der Waals surface area contributed by atoms with E-state index in [4.69, 9.17) is 0 Å². The molecule has 2 nitrogen and oxygen atoms in total. The monoisotopic (exact) mass is 220 g/mol. The fraction of sp³-hybridized carbons (Fsp3) is 0.0833. The van der Waals surface area contributed by atoms with E-state index in [9.17, 15) is 8.78 Å². The van der Waals surface area contributed by atoms with Crippen molar-refractivity contribution in [3.63, 3.8) is 0 Å². The zero-order valence-corrected chi connectivity index (χ0v) is 8.53. The van der Waals surface area contributed by atoms with Gasteiger partial charge in [0.15, 0.2) is 0 Å². The minimum absolute atomic E-state index is 0.317. The van der Waals surface area contributed by atoms with Crippen LogP contribution in [0.25, 0.3) is 5.57 Å². The van der Waals surface area contributed by atoms with E-state index in [-0.39, 0.29) is 0 Å². The third kappa shape index (κ3) is 2.16. The van der Waals surface area contributed by atoms with E-state index in [1.807, 2.05) is 0 Å². The molecule has 0 spiro atoms. The number of benzene rings is 1. The number of hydrogen-bond donors (Lipinski definition) is 0. The molecule has 0 unspecified atom stereocenters. The van der Waals surface area contributed by atoms with Gasteiger partial charge < -0.3 is 0 Å². The van der Waals surface area contributed by atoms with Crippen LogP contribution in [0.1, 0.15) is 5.56 Å². The fourth-order valence-corrected chi connectivity index (χ4v) is 1.45. The van der Waals surface area contributed by atoms with Crippen molar-refractivity contribution < 1.29 is 8.78 Å². The summed E-state index contributed by atoms with van der Waals surface area (Å²) in [7, 11) is 0. The molecule has 1 aromatic carbocycles. The molecule has 16 heavy (non-hydrogen) atoms. The fourth-order valence-electron chi connectivity index (χ4n) is 1.45.